The summed E-state index contributed by atoms with van der Waals surface area (Å²) in [6.07, 6.45) is 3.97. The number of anilines is 1. The molecule has 0 aliphatic rings. The van der Waals surface area contributed by atoms with E-state index in [4.69, 9.17) is 5.73 Å². The predicted octanol–water partition coefficient (Wildman–Crippen LogP) is 1.91. The molecule has 1 atom stereocenters. The molecule has 1 rings (SSSR count). The molecule has 0 fully saturated rings. The Morgan fingerprint density at radius 2 is 2.47 bits per heavy atom. The fraction of sp³-hybridized carbons (Fsp3) is 0.600. The maximum atomic E-state index is 11.4. The van der Waals surface area contributed by atoms with Crippen molar-refractivity contribution in [2.45, 2.75) is 39.2 Å². The van der Waals surface area contributed by atoms with Gasteiger partial charge in [0.25, 0.3) is 0 Å². The number of rotatable bonds is 5. The third-order valence-corrected chi connectivity index (χ3v) is 2.76. The van der Waals surface area contributed by atoms with Gasteiger partial charge in [-0.25, -0.2) is 4.98 Å². The van der Waals surface area contributed by atoms with Gasteiger partial charge in [-0.3, -0.25) is 4.79 Å². The van der Waals surface area contributed by atoms with Gasteiger partial charge in [0.2, 0.25) is 5.91 Å². The van der Waals surface area contributed by atoms with Gasteiger partial charge < -0.3 is 11.1 Å². The summed E-state index contributed by atoms with van der Waals surface area (Å²) < 4.78 is 0. The van der Waals surface area contributed by atoms with Crippen LogP contribution in [0.2, 0.25) is 0 Å². The highest BCUT2D eigenvalue weighted by Gasteiger charge is 2.05. The number of carbonyl (C=O) groups is 1. The van der Waals surface area contributed by atoms with Crippen molar-refractivity contribution in [3.8, 4) is 0 Å². The molecule has 0 spiro atoms. The Morgan fingerprint density at radius 3 is 3.00 bits per heavy atom. The van der Waals surface area contributed by atoms with Gasteiger partial charge in [-0.15, -0.1) is 11.3 Å². The van der Waals surface area contributed by atoms with Crippen LogP contribution >= 0.6 is 11.3 Å². The van der Waals surface area contributed by atoms with Crippen LogP contribution in [-0.4, -0.2) is 16.9 Å². The first-order chi connectivity index (χ1) is 7.08. The number of amides is 1. The summed E-state index contributed by atoms with van der Waals surface area (Å²) in [4.78, 5) is 16.6. The monoisotopic (exact) mass is 227 g/mol. The first kappa shape index (κ1) is 12.1. The molecule has 3 N–H and O–H groups in total. The highest BCUT2D eigenvalue weighted by atomic mass is 32.1. The largest absolute Gasteiger partial charge is 0.328 e. The van der Waals surface area contributed by atoms with E-state index in [2.05, 4.69) is 10.3 Å². The lowest BCUT2D eigenvalue weighted by molar-refractivity contribution is -0.116. The van der Waals surface area contributed by atoms with Crippen LogP contribution < -0.4 is 11.1 Å². The molecule has 1 unspecified atom stereocenters. The number of aryl methyl sites for hydroxylation is 1. The number of aromatic nitrogens is 1. The number of thiazole rings is 1. The van der Waals surface area contributed by atoms with E-state index in [1.807, 2.05) is 13.8 Å². The van der Waals surface area contributed by atoms with Crippen LogP contribution in [0, 0.1) is 6.92 Å². The molecule has 0 aliphatic heterocycles. The van der Waals surface area contributed by atoms with Crippen molar-refractivity contribution in [2.75, 3.05) is 5.32 Å². The van der Waals surface area contributed by atoms with E-state index in [0.717, 1.165) is 17.7 Å². The predicted molar refractivity (Wildman–Crippen MR) is 63.0 cm³/mol. The van der Waals surface area contributed by atoms with Crippen molar-refractivity contribution in [2.24, 2.45) is 5.73 Å². The lowest BCUT2D eigenvalue weighted by Gasteiger charge is -2.04. The molecular weight excluding hydrogens is 210 g/mol. The molecular formula is C10H17N3OS. The van der Waals surface area contributed by atoms with Gasteiger partial charge >= 0.3 is 0 Å². The van der Waals surface area contributed by atoms with Crippen LogP contribution in [0.15, 0.2) is 6.20 Å². The van der Waals surface area contributed by atoms with Crippen molar-refractivity contribution >= 4 is 22.4 Å². The minimum absolute atomic E-state index is 0.0185. The summed E-state index contributed by atoms with van der Waals surface area (Å²) in [5, 5.41) is 3.44. The van der Waals surface area contributed by atoms with E-state index in [1.165, 1.54) is 11.3 Å². The van der Waals surface area contributed by atoms with Crippen molar-refractivity contribution in [1.82, 2.24) is 4.98 Å². The Hall–Kier alpha value is -0.940. The van der Waals surface area contributed by atoms with Gasteiger partial charge in [0.15, 0.2) is 5.13 Å². The maximum Gasteiger partial charge on any atom is 0.226 e. The zero-order valence-corrected chi connectivity index (χ0v) is 9.93. The van der Waals surface area contributed by atoms with E-state index >= 15 is 0 Å². The zero-order chi connectivity index (χ0) is 11.3. The quantitative estimate of drug-likeness (QED) is 0.807. The van der Waals surface area contributed by atoms with Gasteiger partial charge in [0.05, 0.1) is 0 Å². The second-order valence-corrected chi connectivity index (χ2v) is 4.93. The first-order valence-electron chi connectivity index (χ1n) is 5.06. The molecule has 0 saturated carbocycles. The molecule has 1 aromatic heterocycles. The molecule has 0 radical (unpaired) electrons. The van der Waals surface area contributed by atoms with E-state index in [0.29, 0.717) is 11.6 Å². The summed E-state index contributed by atoms with van der Waals surface area (Å²) in [7, 11) is 0. The number of carbonyl (C=O) groups excluding carboxylic acids is 1. The number of hydrogen-bond acceptors (Lipinski definition) is 4. The van der Waals surface area contributed by atoms with Gasteiger partial charge in [-0.2, -0.15) is 0 Å². The molecule has 0 bridgehead atoms. The Labute approximate surface area is 93.9 Å². The molecule has 0 aromatic carbocycles. The Bertz CT molecular complexity index is 322. The van der Waals surface area contributed by atoms with Crippen molar-refractivity contribution in [3.05, 3.63) is 11.1 Å². The van der Waals surface area contributed by atoms with Crippen LogP contribution in [0.5, 0.6) is 0 Å². The summed E-state index contributed by atoms with van der Waals surface area (Å²) >= 11 is 1.49. The highest BCUT2D eigenvalue weighted by molar-refractivity contribution is 7.15. The van der Waals surface area contributed by atoms with Gasteiger partial charge in [0.1, 0.15) is 0 Å². The Morgan fingerprint density at radius 1 is 1.73 bits per heavy atom. The fourth-order valence-corrected chi connectivity index (χ4v) is 1.86. The highest BCUT2D eigenvalue weighted by Crippen LogP contribution is 2.16. The fourth-order valence-electron chi connectivity index (χ4n) is 1.18. The molecule has 1 heterocycles. The molecule has 5 heteroatoms. The Kier molecular flexibility index (Phi) is 4.71. The third kappa shape index (κ3) is 4.90. The second-order valence-electron chi connectivity index (χ2n) is 3.69. The first-order valence-corrected chi connectivity index (χ1v) is 5.87. The molecule has 0 saturated heterocycles. The smallest absolute Gasteiger partial charge is 0.226 e. The molecule has 1 aromatic rings. The lowest BCUT2D eigenvalue weighted by atomic mass is 10.1. The summed E-state index contributed by atoms with van der Waals surface area (Å²) in [5.41, 5.74) is 5.59. The van der Waals surface area contributed by atoms with Crippen LogP contribution in [0.4, 0.5) is 5.13 Å². The van der Waals surface area contributed by atoms with Gasteiger partial charge in [-0.1, -0.05) is 0 Å². The molecule has 0 aliphatic carbocycles. The average Bonchev–Trinajstić information content (AvgIpc) is 2.50. The topological polar surface area (TPSA) is 68.0 Å². The van der Waals surface area contributed by atoms with Crippen molar-refractivity contribution < 1.29 is 4.79 Å². The van der Waals surface area contributed by atoms with Crippen LogP contribution in [0.25, 0.3) is 0 Å². The molecule has 4 nitrogen and oxygen atoms in total. The van der Waals surface area contributed by atoms with Crippen LogP contribution in [-0.2, 0) is 4.79 Å². The van der Waals surface area contributed by atoms with E-state index < -0.39 is 0 Å². The van der Waals surface area contributed by atoms with E-state index in [1.54, 1.807) is 6.20 Å². The third-order valence-electron chi connectivity index (χ3n) is 1.93. The Balaban J connectivity index is 2.24. The normalized spacial score (nSPS) is 12.5. The second kappa shape index (κ2) is 5.82. The SMILES string of the molecule is Cc1cnc(NC(=O)CCCC(C)N)s1. The molecule has 84 valence electrons. The molecule has 15 heavy (non-hydrogen) atoms. The standard InChI is InChI=1S/C10H17N3OS/c1-7(11)4-3-5-9(14)13-10-12-6-8(2)15-10/h6-7H,3-5,11H2,1-2H3,(H,12,13,14). The number of nitrogens with zero attached hydrogens (tertiary/aromatic N) is 1. The summed E-state index contributed by atoms with van der Waals surface area (Å²) in [5.74, 6) is 0.0185. The number of hydrogen-bond donors (Lipinski definition) is 2. The minimum atomic E-state index is 0.0185. The van der Waals surface area contributed by atoms with E-state index in [-0.39, 0.29) is 11.9 Å². The van der Waals surface area contributed by atoms with Gasteiger partial charge in [-0.05, 0) is 26.7 Å². The summed E-state index contributed by atoms with van der Waals surface area (Å²) in [6.45, 7) is 3.91. The number of nitrogens with one attached hydrogen (secondary N) is 1. The number of nitrogens with two attached hydrogens (primary N) is 1. The maximum absolute atomic E-state index is 11.4. The zero-order valence-electron chi connectivity index (χ0n) is 9.12. The van der Waals surface area contributed by atoms with Crippen molar-refractivity contribution in [1.29, 1.82) is 0 Å². The average molecular weight is 227 g/mol. The molecule has 1 amide bonds. The van der Waals surface area contributed by atoms with Crippen molar-refractivity contribution in [3.63, 3.8) is 0 Å². The van der Waals surface area contributed by atoms with Crippen LogP contribution in [0.3, 0.4) is 0 Å². The minimum Gasteiger partial charge on any atom is -0.328 e. The van der Waals surface area contributed by atoms with Gasteiger partial charge in [0, 0.05) is 23.5 Å². The summed E-state index contributed by atoms with van der Waals surface area (Å²) in [6, 6.07) is 0.167. The lowest BCUT2D eigenvalue weighted by Crippen LogP contribution is -2.16. The van der Waals surface area contributed by atoms with Crippen LogP contribution in [0.1, 0.15) is 31.1 Å². The van der Waals surface area contributed by atoms with E-state index in [9.17, 15) is 4.79 Å².